The summed E-state index contributed by atoms with van der Waals surface area (Å²) < 4.78 is 26.6. The van der Waals surface area contributed by atoms with E-state index in [2.05, 4.69) is 25.5 Å². The first-order chi connectivity index (χ1) is 20.9. The molecular formula is C30H33FN8O4. The van der Waals surface area contributed by atoms with Gasteiger partial charge >= 0.3 is 6.03 Å². The fourth-order valence-corrected chi connectivity index (χ4v) is 5.28. The number of benzene rings is 1. The van der Waals surface area contributed by atoms with Crippen LogP contribution in [0.15, 0.2) is 60.9 Å². The fourth-order valence-electron chi connectivity index (χ4n) is 5.28. The standard InChI is InChI=1S/C30H33FN8O4/c1-19-26(21-15-24-29(33-17-21)42-14-11-37(24)2)36-39(22-7-5-4-6-8-22)28(19)35-30(40)34-23-18-38(12-13-41-3)43-27(23)20-9-10-32-25(31)16-20/h4-10,15-17,23,27H,11-14,18H2,1-3H3,(H2,34,35,40)/t23-,27+/m1/s1. The molecule has 2 atom stereocenters. The summed E-state index contributed by atoms with van der Waals surface area (Å²) >= 11 is 0. The Bertz CT molecular complexity index is 1600. The van der Waals surface area contributed by atoms with E-state index < -0.39 is 24.1 Å². The number of nitrogens with one attached hydrogen (secondary N) is 2. The van der Waals surface area contributed by atoms with Crippen LogP contribution in [-0.4, -0.2) is 83.9 Å². The Morgan fingerprint density at radius 3 is 2.81 bits per heavy atom. The summed E-state index contributed by atoms with van der Waals surface area (Å²) in [6, 6.07) is 13.6. The predicted octanol–water partition coefficient (Wildman–Crippen LogP) is 3.73. The van der Waals surface area contributed by atoms with Crippen molar-refractivity contribution < 1.29 is 23.5 Å². The molecule has 0 unspecified atom stereocenters. The summed E-state index contributed by atoms with van der Waals surface area (Å²) in [5.74, 6) is 0.462. The van der Waals surface area contributed by atoms with Gasteiger partial charge < -0.3 is 19.7 Å². The number of methoxy groups -OCH3 is 1. The van der Waals surface area contributed by atoms with Gasteiger partial charge in [-0.25, -0.2) is 19.4 Å². The zero-order valence-electron chi connectivity index (χ0n) is 24.2. The normalized spacial score (nSPS) is 18.3. The number of urea groups is 1. The van der Waals surface area contributed by atoms with E-state index in [-0.39, 0.29) is 0 Å². The topological polar surface area (TPSA) is 119 Å². The molecule has 0 radical (unpaired) electrons. The molecule has 3 aromatic heterocycles. The molecule has 6 rings (SSSR count). The second-order valence-corrected chi connectivity index (χ2v) is 10.4. The maximum atomic E-state index is 14.0. The number of fused-ring (bicyclic) bond motifs is 1. The first-order valence-corrected chi connectivity index (χ1v) is 14.0. The molecule has 224 valence electrons. The summed E-state index contributed by atoms with van der Waals surface area (Å²) in [6.07, 6.45) is 2.50. The van der Waals surface area contributed by atoms with Crippen LogP contribution >= 0.6 is 0 Å². The largest absolute Gasteiger partial charge is 0.474 e. The molecule has 13 heteroatoms. The first-order valence-electron chi connectivity index (χ1n) is 14.0. The highest BCUT2D eigenvalue weighted by molar-refractivity contribution is 5.91. The van der Waals surface area contributed by atoms with Crippen LogP contribution in [0.4, 0.5) is 20.7 Å². The van der Waals surface area contributed by atoms with E-state index in [1.807, 2.05) is 50.4 Å². The van der Waals surface area contributed by atoms with Crippen LogP contribution in [0.2, 0.25) is 0 Å². The Labute approximate surface area is 248 Å². The van der Waals surface area contributed by atoms with Crippen molar-refractivity contribution in [2.24, 2.45) is 0 Å². The zero-order chi connectivity index (χ0) is 29.9. The van der Waals surface area contributed by atoms with Crippen molar-refractivity contribution in [1.29, 1.82) is 0 Å². The van der Waals surface area contributed by atoms with E-state index in [1.54, 1.807) is 29.1 Å². The molecule has 1 fully saturated rings. The number of halogens is 1. The van der Waals surface area contributed by atoms with E-state index >= 15 is 0 Å². The number of amides is 2. The highest BCUT2D eigenvalue weighted by atomic mass is 19.1. The monoisotopic (exact) mass is 588 g/mol. The first kappa shape index (κ1) is 28.5. The van der Waals surface area contributed by atoms with E-state index in [0.717, 1.165) is 29.0 Å². The molecule has 2 amide bonds. The van der Waals surface area contributed by atoms with Crippen LogP contribution in [0.1, 0.15) is 17.2 Å². The number of aromatic nitrogens is 4. The van der Waals surface area contributed by atoms with E-state index in [0.29, 0.717) is 49.3 Å². The van der Waals surface area contributed by atoms with E-state index in [1.165, 1.54) is 12.3 Å². The SMILES string of the molecule is COCCN1C[C@@H](NC(=O)Nc2c(C)c(-c3cnc4c(c3)N(C)CCO4)nn2-c2ccccc2)[C@H](c2ccnc(F)c2)O1. The zero-order valence-corrected chi connectivity index (χ0v) is 24.2. The predicted molar refractivity (Wildman–Crippen MR) is 158 cm³/mol. The van der Waals surface area contributed by atoms with Crippen LogP contribution in [0.5, 0.6) is 5.88 Å². The lowest BCUT2D eigenvalue weighted by Gasteiger charge is -2.26. The van der Waals surface area contributed by atoms with Crippen LogP contribution in [-0.2, 0) is 9.57 Å². The molecule has 2 aliphatic rings. The molecule has 1 aromatic carbocycles. The lowest BCUT2D eigenvalue weighted by atomic mass is 10.0. The number of hydroxylamine groups is 2. The van der Waals surface area contributed by atoms with Gasteiger partial charge in [-0.1, -0.05) is 18.2 Å². The number of rotatable bonds is 8. The maximum absolute atomic E-state index is 14.0. The van der Waals surface area contributed by atoms with Crippen molar-refractivity contribution in [2.75, 3.05) is 57.2 Å². The number of pyridine rings is 2. The average Bonchev–Trinajstić information content (AvgIpc) is 3.57. The summed E-state index contributed by atoms with van der Waals surface area (Å²) in [6.45, 7) is 4.54. The molecule has 43 heavy (non-hydrogen) atoms. The quantitative estimate of drug-likeness (QED) is 0.297. The number of hydrogen-bond acceptors (Lipinski definition) is 9. The van der Waals surface area contributed by atoms with Crippen molar-refractivity contribution in [3.63, 3.8) is 0 Å². The molecule has 5 heterocycles. The average molecular weight is 589 g/mol. The van der Waals surface area contributed by atoms with Crippen LogP contribution < -0.4 is 20.3 Å². The third-order valence-electron chi connectivity index (χ3n) is 7.51. The summed E-state index contributed by atoms with van der Waals surface area (Å²) in [5.41, 5.74) is 4.45. The summed E-state index contributed by atoms with van der Waals surface area (Å²) in [5, 5.41) is 12.7. The van der Waals surface area contributed by atoms with Crippen molar-refractivity contribution >= 4 is 17.5 Å². The lowest BCUT2D eigenvalue weighted by Crippen LogP contribution is -2.42. The molecule has 0 saturated carbocycles. The number of hydrogen-bond donors (Lipinski definition) is 2. The van der Waals surface area contributed by atoms with Crippen molar-refractivity contribution in [1.82, 2.24) is 30.1 Å². The van der Waals surface area contributed by atoms with Crippen LogP contribution in [0.3, 0.4) is 0 Å². The van der Waals surface area contributed by atoms with Gasteiger partial charge in [0.1, 0.15) is 24.2 Å². The molecular weight excluding hydrogens is 555 g/mol. The number of nitrogens with zero attached hydrogens (tertiary/aromatic N) is 6. The van der Waals surface area contributed by atoms with E-state index in [9.17, 15) is 9.18 Å². The smallest absolute Gasteiger partial charge is 0.320 e. The van der Waals surface area contributed by atoms with Gasteiger partial charge in [0, 0.05) is 50.8 Å². The number of carbonyl (C=O) groups excluding carboxylic acids is 1. The van der Waals surface area contributed by atoms with Gasteiger partial charge in [-0.05, 0) is 42.8 Å². The second kappa shape index (κ2) is 12.3. The molecule has 0 spiro atoms. The second-order valence-electron chi connectivity index (χ2n) is 10.4. The molecule has 0 bridgehead atoms. The number of anilines is 2. The summed E-state index contributed by atoms with van der Waals surface area (Å²) in [4.78, 5) is 29.9. The minimum atomic E-state index is -0.621. The third-order valence-corrected chi connectivity index (χ3v) is 7.51. The van der Waals surface area contributed by atoms with E-state index in [4.69, 9.17) is 19.4 Å². The van der Waals surface area contributed by atoms with Gasteiger partial charge in [-0.15, -0.1) is 0 Å². The van der Waals surface area contributed by atoms with Crippen molar-refractivity contribution in [3.8, 4) is 22.8 Å². The number of para-hydroxylation sites is 1. The molecule has 0 aliphatic carbocycles. The molecule has 4 aromatic rings. The lowest BCUT2D eigenvalue weighted by molar-refractivity contribution is -0.154. The number of ether oxygens (including phenoxy) is 2. The highest BCUT2D eigenvalue weighted by Crippen LogP contribution is 2.36. The molecule has 1 saturated heterocycles. The van der Waals surface area contributed by atoms with Gasteiger partial charge in [0.05, 0.1) is 30.6 Å². The Kier molecular flexibility index (Phi) is 8.18. The Balaban J connectivity index is 1.30. The Morgan fingerprint density at radius 1 is 1.19 bits per heavy atom. The van der Waals surface area contributed by atoms with Crippen LogP contribution in [0, 0.1) is 12.9 Å². The minimum Gasteiger partial charge on any atom is -0.474 e. The molecule has 2 aliphatic heterocycles. The van der Waals surface area contributed by atoms with Gasteiger partial charge in [0.15, 0.2) is 0 Å². The van der Waals surface area contributed by atoms with Crippen molar-refractivity contribution in [2.45, 2.75) is 19.1 Å². The van der Waals surface area contributed by atoms with Gasteiger partial charge in [0.2, 0.25) is 11.8 Å². The van der Waals surface area contributed by atoms with Gasteiger partial charge in [-0.3, -0.25) is 10.2 Å². The fraction of sp³-hybridized carbons (Fsp3) is 0.333. The minimum absolute atomic E-state index is 0.379. The maximum Gasteiger partial charge on any atom is 0.320 e. The Morgan fingerprint density at radius 2 is 2.02 bits per heavy atom. The third kappa shape index (κ3) is 6.00. The number of likely N-dealkylation sites (N-methyl/N-ethyl adjacent to an activating group) is 1. The van der Waals surface area contributed by atoms with Gasteiger partial charge in [-0.2, -0.15) is 14.6 Å². The molecule has 2 N–H and O–H groups in total. The summed E-state index contributed by atoms with van der Waals surface area (Å²) in [7, 11) is 3.60. The number of carbonyl (C=O) groups is 1. The highest BCUT2D eigenvalue weighted by Gasteiger charge is 2.37. The van der Waals surface area contributed by atoms with Gasteiger partial charge in [0.25, 0.3) is 0 Å². The molecule has 12 nitrogen and oxygen atoms in total. The van der Waals surface area contributed by atoms with Crippen LogP contribution in [0.25, 0.3) is 16.9 Å². The van der Waals surface area contributed by atoms with Crippen molar-refractivity contribution in [3.05, 3.63) is 78.0 Å². The Hall–Kier alpha value is -4.59.